The summed E-state index contributed by atoms with van der Waals surface area (Å²) in [5.74, 6) is -1.20. The first-order chi connectivity index (χ1) is 12.0. The van der Waals surface area contributed by atoms with Crippen molar-refractivity contribution in [2.45, 2.75) is 19.1 Å². The van der Waals surface area contributed by atoms with Gasteiger partial charge in [-0.25, -0.2) is 9.59 Å². The molecular weight excluding hydrogens is 328 g/mol. The Morgan fingerprint density at radius 3 is 2.40 bits per heavy atom. The molecule has 130 valence electrons. The number of nitro groups is 1. The van der Waals surface area contributed by atoms with Crippen LogP contribution in [0, 0.1) is 10.1 Å². The fourth-order valence-corrected chi connectivity index (χ4v) is 2.19. The lowest BCUT2D eigenvalue weighted by molar-refractivity contribution is -0.385. The van der Waals surface area contributed by atoms with E-state index < -0.39 is 23.0 Å². The lowest BCUT2D eigenvalue weighted by atomic mass is 10.1. The summed E-state index contributed by atoms with van der Waals surface area (Å²) < 4.78 is 4.92. The number of hydrogen-bond donors (Lipinski definition) is 2. The van der Waals surface area contributed by atoms with Gasteiger partial charge in [-0.15, -0.1) is 0 Å². The molecule has 2 aromatic rings. The van der Waals surface area contributed by atoms with Gasteiger partial charge in [0.05, 0.1) is 10.5 Å². The first-order valence-electron chi connectivity index (χ1n) is 7.39. The van der Waals surface area contributed by atoms with Crippen LogP contribution < -0.4 is 5.32 Å². The summed E-state index contributed by atoms with van der Waals surface area (Å²) in [5, 5.41) is 22.4. The Morgan fingerprint density at radius 1 is 1.12 bits per heavy atom. The highest BCUT2D eigenvalue weighted by atomic mass is 16.6. The Labute approximate surface area is 143 Å². The predicted octanol–water partition coefficient (Wildman–Crippen LogP) is 2.52. The number of alkyl carbamates (subject to hydrolysis) is 1. The molecule has 8 nitrogen and oxygen atoms in total. The first-order valence-corrected chi connectivity index (χ1v) is 7.39. The molecule has 2 rings (SSSR count). The van der Waals surface area contributed by atoms with E-state index in [4.69, 9.17) is 4.74 Å². The Morgan fingerprint density at radius 2 is 1.76 bits per heavy atom. The van der Waals surface area contributed by atoms with E-state index >= 15 is 0 Å². The van der Waals surface area contributed by atoms with Crippen LogP contribution in [-0.2, 0) is 22.6 Å². The van der Waals surface area contributed by atoms with Crippen molar-refractivity contribution in [1.82, 2.24) is 5.32 Å². The highest BCUT2D eigenvalue weighted by Gasteiger charge is 2.22. The van der Waals surface area contributed by atoms with Crippen LogP contribution in [0.1, 0.15) is 11.1 Å². The summed E-state index contributed by atoms with van der Waals surface area (Å²) in [5.41, 5.74) is 0.792. The molecule has 1 unspecified atom stereocenters. The van der Waals surface area contributed by atoms with E-state index in [9.17, 15) is 24.8 Å². The number of carbonyl (C=O) groups is 2. The molecule has 0 aliphatic heterocycles. The zero-order valence-corrected chi connectivity index (χ0v) is 13.1. The highest BCUT2D eigenvalue weighted by Crippen LogP contribution is 2.18. The van der Waals surface area contributed by atoms with Crippen LogP contribution >= 0.6 is 0 Å². The monoisotopic (exact) mass is 344 g/mol. The topological polar surface area (TPSA) is 119 Å². The Kier molecular flexibility index (Phi) is 6.05. The van der Waals surface area contributed by atoms with Gasteiger partial charge in [-0.05, 0) is 11.6 Å². The number of carboxylic acids is 1. The number of carboxylic acid groups (broad SMARTS) is 1. The molecule has 0 aliphatic carbocycles. The number of hydrogen-bond acceptors (Lipinski definition) is 5. The van der Waals surface area contributed by atoms with Crippen LogP contribution in [-0.4, -0.2) is 28.1 Å². The van der Waals surface area contributed by atoms with Gasteiger partial charge in [-0.2, -0.15) is 0 Å². The minimum Gasteiger partial charge on any atom is -0.480 e. The quantitative estimate of drug-likeness (QED) is 0.588. The summed E-state index contributed by atoms with van der Waals surface area (Å²) in [6.07, 6.45) is -0.863. The van der Waals surface area contributed by atoms with E-state index in [-0.39, 0.29) is 24.3 Å². The van der Waals surface area contributed by atoms with Crippen molar-refractivity contribution in [2.24, 2.45) is 0 Å². The molecule has 2 N–H and O–H groups in total. The van der Waals surface area contributed by atoms with E-state index in [1.807, 2.05) is 0 Å². The predicted molar refractivity (Wildman–Crippen MR) is 88.0 cm³/mol. The maximum atomic E-state index is 11.8. The molecule has 0 aliphatic rings. The molecule has 25 heavy (non-hydrogen) atoms. The number of para-hydroxylation sites is 1. The van der Waals surface area contributed by atoms with E-state index in [0.717, 1.165) is 5.56 Å². The second-order valence-corrected chi connectivity index (χ2v) is 5.19. The van der Waals surface area contributed by atoms with Gasteiger partial charge < -0.3 is 15.2 Å². The SMILES string of the molecule is O=C(NC(Cc1ccccc1)C(=O)O)OCc1ccccc1[N+](=O)[O-]. The molecule has 0 saturated carbocycles. The lowest BCUT2D eigenvalue weighted by Gasteiger charge is -2.14. The summed E-state index contributed by atoms with van der Waals surface area (Å²) in [7, 11) is 0. The van der Waals surface area contributed by atoms with Crippen molar-refractivity contribution in [3.63, 3.8) is 0 Å². The molecule has 8 heteroatoms. The third-order valence-corrected chi connectivity index (χ3v) is 3.42. The van der Waals surface area contributed by atoms with Gasteiger partial charge in [-0.1, -0.05) is 42.5 Å². The number of ether oxygens (including phenoxy) is 1. The molecule has 1 atom stereocenters. The fourth-order valence-electron chi connectivity index (χ4n) is 2.19. The van der Waals surface area contributed by atoms with Gasteiger partial charge in [0.1, 0.15) is 12.6 Å². The van der Waals surface area contributed by atoms with Crippen LogP contribution in [0.25, 0.3) is 0 Å². The number of nitro benzene ring substituents is 1. The standard InChI is InChI=1S/C17H16N2O6/c20-16(21)14(10-12-6-2-1-3-7-12)18-17(22)25-11-13-8-4-5-9-15(13)19(23)24/h1-9,14H,10-11H2,(H,18,22)(H,20,21). The summed E-state index contributed by atoms with van der Waals surface area (Å²) in [6, 6.07) is 13.5. The van der Waals surface area contributed by atoms with Gasteiger partial charge in [0.25, 0.3) is 5.69 Å². The number of amides is 1. The van der Waals surface area contributed by atoms with Crippen molar-refractivity contribution in [3.05, 3.63) is 75.8 Å². The average Bonchev–Trinajstić information content (AvgIpc) is 2.60. The zero-order chi connectivity index (χ0) is 18.2. The smallest absolute Gasteiger partial charge is 0.408 e. The lowest BCUT2D eigenvalue weighted by Crippen LogP contribution is -2.42. The maximum Gasteiger partial charge on any atom is 0.408 e. The fraction of sp³-hybridized carbons (Fsp3) is 0.176. The second kappa shape index (κ2) is 8.44. The van der Waals surface area contributed by atoms with Gasteiger partial charge in [-0.3, -0.25) is 10.1 Å². The normalized spacial score (nSPS) is 11.4. The molecule has 2 aromatic carbocycles. The molecule has 1 amide bonds. The van der Waals surface area contributed by atoms with Crippen molar-refractivity contribution < 1.29 is 24.4 Å². The molecular formula is C17H16N2O6. The zero-order valence-electron chi connectivity index (χ0n) is 13.1. The van der Waals surface area contributed by atoms with Crippen molar-refractivity contribution in [2.75, 3.05) is 0 Å². The number of aliphatic carboxylic acids is 1. The second-order valence-electron chi connectivity index (χ2n) is 5.19. The number of carbonyl (C=O) groups excluding carboxylic acids is 1. The van der Waals surface area contributed by atoms with E-state index in [1.165, 1.54) is 18.2 Å². The van der Waals surface area contributed by atoms with Gasteiger partial charge in [0.2, 0.25) is 0 Å². The molecule has 0 aromatic heterocycles. The molecule has 0 bridgehead atoms. The number of nitrogens with zero attached hydrogens (tertiary/aromatic N) is 1. The van der Waals surface area contributed by atoms with E-state index in [0.29, 0.717) is 0 Å². The molecule has 0 saturated heterocycles. The molecule has 0 spiro atoms. The summed E-state index contributed by atoms with van der Waals surface area (Å²) in [6.45, 7) is -0.333. The van der Waals surface area contributed by atoms with E-state index in [2.05, 4.69) is 5.32 Å². The van der Waals surface area contributed by atoms with Gasteiger partial charge >= 0.3 is 12.1 Å². The summed E-state index contributed by atoms with van der Waals surface area (Å²) >= 11 is 0. The van der Waals surface area contributed by atoms with Crippen LogP contribution in [0.15, 0.2) is 54.6 Å². The van der Waals surface area contributed by atoms with Crippen LogP contribution in [0.3, 0.4) is 0 Å². The van der Waals surface area contributed by atoms with Crippen LogP contribution in [0.2, 0.25) is 0 Å². The number of rotatable bonds is 7. The minimum atomic E-state index is -1.20. The van der Waals surface area contributed by atoms with E-state index in [1.54, 1.807) is 36.4 Å². The van der Waals surface area contributed by atoms with Crippen LogP contribution in [0.4, 0.5) is 10.5 Å². The minimum absolute atomic E-state index is 0.0940. The highest BCUT2D eigenvalue weighted by molar-refractivity contribution is 5.80. The van der Waals surface area contributed by atoms with Gasteiger partial charge in [0.15, 0.2) is 0 Å². The Hall–Kier alpha value is -3.42. The first kappa shape index (κ1) is 17.9. The Bertz CT molecular complexity index is 763. The van der Waals surface area contributed by atoms with Crippen molar-refractivity contribution >= 4 is 17.7 Å². The third kappa shape index (κ3) is 5.31. The van der Waals surface area contributed by atoms with Crippen molar-refractivity contribution in [3.8, 4) is 0 Å². The summed E-state index contributed by atoms with van der Waals surface area (Å²) in [4.78, 5) is 33.5. The molecule has 0 heterocycles. The molecule has 0 radical (unpaired) electrons. The molecule has 0 fully saturated rings. The maximum absolute atomic E-state index is 11.8. The number of nitrogens with one attached hydrogen (secondary N) is 1. The Balaban J connectivity index is 1.96. The largest absolute Gasteiger partial charge is 0.480 e. The van der Waals surface area contributed by atoms with Crippen molar-refractivity contribution in [1.29, 1.82) is 0 Å². The van der Waals surface area contributed by atoms with Gasteiger partial charge in [0, 0.05) is 12.5 Å². The third-order valence-electron chi connectivity index (χ3n) is 3.42. The average molecular weight is 344 g/mol. The van der Waals surface area contributed by atoms with Crippen LogP contribution in [0.5, 0.6) is 0 Å². The number of benzene rings is 2.